The van der Waals surface area contributed by atoms with Gasteiger partial charge in [0.25, 0.3) is 0 Å². The van der Waals surface area contributed by atoms with Crippen molar-refractivity contribution in [2.24, 2.45) is 9.98 Å². The molecule has 6 aromatic rings. The zero-order valence-electron chi connectivity index (χ0n) is 31.3. The van der Waals surface area contributed by atoms with Gasteiger partial charge in [0.2, 0.25) is 0 Å². The molecule has 3 nitrogen and oxygen atoms in total. The van der Waals surface area contributed by atoms with E-state index in [0.29, 0.717) is 11.7 Å². The molecule has 2 aliphatic rings. The lowest BCUT2D eigenvalue weighted by atomic mass is 9.90. The lowest BCUT2D eigenvalue weighted by molar-refractivity contribution is 0.465. The second-order valence-corrected chi connectivity index (χ2v) is 15.3. The minimum absolute atomic E-state index is 0.177. The second-order valence-electron chi connectivity index (χ2n) is 15.3. The van der Waals surface area contributed by atoms with Crippen molar-refractivity contribution in [2.45, 2.75) is 77.3 Å². The van der Waals surface area contributed by atoms with Crippen LogP contribution >= 0.6 is 0 Å². The average molecular weight is 693 g/mol. The van der Waals surface area contributed by atoms with Gasteiger partial charge in [0.05, 0.1) is 0 Å². The third kappa shape index (κ3) is 7.26. The van der Waals surface area contributed by atoms with Gasteiger partial charge in [-0.1, -0.05) is 138 Å². The van der Waals surface area contributed by atoms with E-state index < -0.39 is 0 Å². The molecule has 2 unspecified atom stereocenters. The van der Waals surface area contributed by atoms with Gasteiger partial charge in [0, 0.05) is 35.4 Å². The molecule has 1 N–H and O–H groups in total. The summed E-state index contributed by atoms with van der Waals surface area (Å²) in [7, 11) is 0. The molecule has 0 spiro atoms. The van der Waals surface area contributed by atoms with Gasteiger partial charge in [-0.05, 0) is 110 Å². The zero-order chi connectivity index (χ0) is 36.5. The largest absolute Gasteiger partial charge is 0.507 e. The SMILES string of the molecule is Cc1cc(C)cc(C(N=Cc2ccc3c(c2O)[C@H](c2ccccc2)CC3)[C@@H](N=Cc2ccc3c(c2)C(c2ccccc2)CC3)c2cc(C)cc(C)c2)c1. The fourth-order valence-corrected chi connectivity index (χ4v) is 8.96. The van der Waals surface area contributed by atoms with Crippen molar-refractivity contribution in [2.75, 3.05) is 0 Å². The van der Waals surface area contributed by atoms with Crippen LogP contribution in [0.1, 0.15) is 115 Å². The number of aliphatic imine (C=N–C) groups is 2. The molecule has 0 saturated heterocycles. The van der Waals surface area contributed by atoms with E-state index in [9.17, 15) is 5.11 Å². The maximum Gasteiger partial charge on any atom is 0.128 e. The molecule has 0 bridgehead atoms. The zero-order valence-corrected chi connectivity index (χ0v) is 31.3. The summed E-state index contributed by atoms with van der Waals surface area (Å²) < 4.78 is 0. The molecular formula is C50H48N2O. The first-order valence-electron chi connectivity index (χ1n) is 19.1. The maximum atomic E-state index is 11.9. The predicted octanol–water partition coefficient (Wildman–Crippen LogP) is 11.8. The van der Waals surface area contributed by atoms with Crippen LogP contribution < -0.4 is 0 Å². The van der Waals surface area contributed by atoms with Crippen LogP contribution in [-0.2, 0) is 12.8 Å². The van der Waals surface area contributed by atoms with Crippen molar-refractivity contribution in [1.82, 2.24) is 0 Å². The van der Waals surface area contributed by atoms with Crippen molar-refractivity contribution in [3.05, 3.63) is 205 Å². The van der Waals surface area contributed by atoms with Gasteiger partial charge in [-0.15, -0.1) is 0 Å². The Kier molecular flexibility index (Phi) is 9.67. The van der Waals surface area contributed by atoms with Gasteiger partial charge in [0.1, 0.15) is 17.8 Å². The van der Waals surface area contributed by atoms with E-state index in [1.165, 1.54) is 50.1 Å². The number of benzene rings is 6. The first-order chi connectivity index (χ1) is 25.8. The van der Waals surface area contributed by atoms with Gasteiger partial charge in [0.15, 0.2) is 0 Å². The van der Waals surface area contributed by atoms with Crippen LogP contribution in [0.3, 0.4) is 0 Å². The molecule has 0 heterocycles. The quantitative estimate of drug-likeness (QED) is 0.151. The molecule has 0 saturated carbocycles. The van der Waals surface area contributed by atoms with Crippen LogP contribution in [-0.4, -0.2) is 17.5 Å². The fraction of sp³-hybridized carbons (Fsp3) is 0.240. The molecule has 53 heavy (non-hydrogen) atoms. The smallest absolute Gasteiger partial charge is 0.128 e. The first-order valence-corrected chi connectivity index (χ1v) is 19.1. The van der Waals surface area contributed by atoms with Crippen molar-refractivity contribution < 1.29 is 5.11 Å². The summed E-state index contributed by atoms with van der Waals surface area (Å²) in [6.45, 7) is 8.61. The Balaban J connectivity index is 1.22. The molecule has 8 rings (SSSR count). The Morgan fingerprint density at radius 2 is 1.06 bits per heavy atom. The van der Waals surface area contributed by atoms with E-state index in [-0.39, 0.29) is 18.0 Å². The number of aryl methyl sites for hydroxylation is 6. The van der Waals surface area contributed by atoms with Crippen LogP contribution in [0.2, 0.25) is 0 Å². The van der Waals surface area contributed by atoms with Gasteiger partial charge in [-0.3, -0.25) is 9.98 Å². The van der Waals surface area contributed by atoms with E-state index >= 15 is 0 Å². The lowest BCUT2D eigenvalue weighted by Gasteiger charge is -2.24. The highest BCUT2D eigenvalue weighted by Crippen LogP contribution is 2.45. The maximum absolute atomic E-state index is 11.9. The Hall–Kier alpha value is -5.54. The van der Waals surface area contributed by atoms with Gasteiger partial charge in [-0.25, -0.2) is 0 Å². The summed E-state index contributed by atoms with van der Waals surface area (Å²) in [4.78, 5) is 10.8. The highest BCUT2D eigenvalue weighted by Gasteiger charge is 2.29. The molecule has 6 aromatic carbocycles. The Bertz CT molecular complexity index is 2280. The normalized spacial score (nSPS) is 17.7. The number of hydrogen-bond acceptors (Lipinski definition) is 3. The van der Waals surface area contributed by atoms with Crippen molar-refractivity contribution in [3.8, 4) is 5.75 Å². The van der Waals surface area contributed by atoms with Crippen LogP contribution in [0.4, 0.5) is 0 Å². The number of fused-ring (bicyclic) bond motifs is 2. The minimum atomic E-state index is -0.324. The summed E-state index contributed by atoms with van der Waals surface area (Å²) in [5.41, 5.74) is 16.6. The van der Waals surface area contributed by atoms with Crippen LogP contribution in [0.5, 0.6) is 5.75 Å². The number of aromatic hydroxyl groups is 1. The molecule has 0 amide bonds. The number of phenolic OH excluding ortho intramolecular Hbond substituents is 1. The summed E-state index contributed by atoms with van der Waals surface area (Å²) in [6, 6.07) is 45.3. The third-order valence-electron chi connectivity index (χ3n) is 11.3. The summed E-state index contributed by atoms with van der Waals surface area (Å²) in [5, 5.41) is 11.9. The third-order valence-corrected chi connectivity index (χ3v) is 11.3. The molecule has 2 aliphatic carbocycles. The van der Waals surface area contributed by atoms with Crippen LogP contribution in [0, 0.1) is 27.7 Å². The number of phenols is 1. The number of hydrogen-bond donors (Lipinski definition) is 1. The molecule has 0 aliphatic heterocycles. The monoisotopic (exact) mass is 692 g/mol. The van der Waals surface area contributed by atoms with Crippen LogP contribution in [0.15, 0.2) is 137 Å². The number of rotatable bonds is 9. The van der Waals surface area contributed by atoms with Gasteiger partial charge >= 0.3 is 0 Å². The molecule has 3 heteroatoms. The predicted molar refractivity (Wildman–Crippen MR) is 220 cm³/mol. The summed E-state index contributed by atoms with van der Waals surface area (Å²) >= 11 is 0. The molecule has 0 radical (unpaired) electrons. The van der Waals surface area contributed by atoms with E-state index in [1.807, 2.05) is 12.3 Å². The first kappa shape index (κ1) is 34.5. The number of nitrogens with zero attached hydrogens (tertiary/aromatic N) is 2. The fourth-order valence-electron chi connectivity index (χ4n) is 8.96. The van der Waals surface area contributed by atoms with E-state index in [2.05, 4.69) is 155 Å². The topological polar surface area (TPSA) is 45.0 Å². The van der Waals surface area contributed by atoms with Crippen molar-refractivity contribution in [3.63, 3.8) is 0 Å². The van der Waals surface area contributed by atoms with E-state index in [0.717, 1.165) is 53.5 Å². The molecule has 0 aromatic heterocycles. The van der Waals surface area contributed by atoms with Crippen LogP contribution in [0.25, 0.3) is 0 Å². The highest BCUT2D eigenvalue weighted by atomic mass is 16.3. The van der Waals surface area contributed by atoms with Crippen molar-refractivity contribution >= 4 is 12.4 Å². The minimum Gasteiger partial charge on any atom is -0.507 e. The Labute approximate surface area is 314 Å². The second kappa shape index (κ2) is 14.8. The lowest BCUT2D eigenvalue weighted by Crippen LogP contribution is -2.11. The molecule has 0 fully saturated rings. The van der Waals surface area contributed by atoms with Crippen molar-refractivity contribution in [1.29, 1.82) is 0 Å². The Morgan fingerprint density at radius 3 is 1.66 bits per heavy atom. The molecule has 4 atom stereocenters. The van der Waals surface area contributed by atoms with Gasteiger partial charge < -0.3 is 5.11 Å². The molecular weight excluding hydrogens is 645 g/mol. The average Bonchev–Trinajstić information content (AvgIpc) is 3.79. The molecule has 264 valence electrons. The highest BCUT2D eigenvalue weighted by molar-refractivity contribution is 5.85. The summed E-state index contributed by atoms with van der Waals surface area (Å²) in [5.74, 6) is 0.925. The Morgan fingerprint density at radius 1 is 0.547 bits per heavy atom. The van der Waals surface area contributed by atoms with E-state index in [1.54, 1.807) is 0 Å². The van der Waals surface area contributed by atoms with E-state index in [4.69, 9.17) is 9.98 Å². The standard InChI is InChI=1S/C50H48N2O/c1-32-23-33(2)26-42(25-32)48(51-30-36-15-16-39-19-21-44(46(39)29-36)37-11-7-5-8-12-37)49(43-27-34(3)24-35(4)28-43)52-31-41-18-17-40-20-22-45(47(40)50(41)53)38-13-9-6-10-14-38/h5-18,23-31,44-45,48-49,53H,19-22H2,1-4H3/t44?,45-,48-,49?/m0/s1. The van der Waals surface area contributed by atoms with Gasteiger partial charge in [-0.2, -0.15) is 0 Å². The summed E-state index contributed by atoms with van der Waals surface area (Å²) in [6.07, 6.45) is 8.15.